The smallest absolute Gasteiger partial charge is 0.419 e. The van der Waals surface area contributed by atoms with E-state index in [9.17, 15) is 23.1 Å². The number of carbonyl (C=O) groups is 1. The molecule has 0 aromatic heterocycles. The number of fused-ring (bicyclic) bond motifs is 2. The number of ether oxygens (including phenoxy) is 3. The van der Waals surface area contributed by atoms with Crippen LogP contribution in [0.1, 0.15) is 29.5 Å². The van der Waals surface area contributed by atoms with Gasteiger partial charge in [0, 0.05) is 12.8 Å². The number of hydrogen-bond donors (Lipinski definition) is 1. The minimum Gasteiger partial charge on any atom is -0.496 e. The predicted molar refractivity (Wildman–Crippen MR) is 108 cm³/mol. The molecule has 2 saturated heterocycles. The Bertz CT molecular complexity index is 952. The molecule has 172 valence electrons. The third-order valence-corrected chi connectivity index (χ3v) is 6.01. The lowest BCUT2D eigenvalue weighted by molar-refractivity contribution is -0.140. The summed E-state index contributed by atoms with van der Waals surface area (Å²) in [6, 6.07) is 11.7. The maximum atomic E-state index is 13.2. The van der Waals surface area contributed by atoms with Crippen LogP contribution in [0.2, 0.25) is 0 Å². The van der Waals surface area contributed by atoms with Gasteiger partial charge >= 0.3 is 12.3 Å². The second kappa shape index (κ2) is 8.63. The molecule has 2 aliphatic heterocycles. The van der Waals surface area contributed by atoms with Gasteiger partial charge in [-0.2, -0.15) is 13.2 Å². The zero-order chi connectivity index (χ0) is 22.9. The third-order valence-electron chi connectivity index (χ3n) is 6.01. The predicted octanol–water partition coefficient (Wildman–Crippen LogP) is 4.10. The Balaban J connectivity index is 1.53. The van der Waals surface area contributed by atoms with E-state index in [0.29, 0.717) is 5.56 Å². The van der Waals surface area contributed by atoms with Crippen molar-refractivity contribution < 1.29 is 37.3 Å². The van der Waals surface area contributed by atoms with Gasteiger partial charge in [0.05, 0.1) is 43.6 Å². The number of halogens is 3. The second-order valence-corrected chi connectivity index (χ2v) is 8.15. The summed E-state index contributed by atoms with van der Waals surface area (Å²) >= 11 is 0. The Labute approximate surface area is 183 Å². The van der Waals surface area contributed by atoms with Gasteiger partial charge in [0.15, 0.2) is 0 Å². The van der Waals surface area contributed by atoms with Crippen molar-refractivity contribution in [3.8, 4) is 5.75 Å². The van der Waals surface area contributed by atoms with E-state index >= 15 is 0 Å². The quantitative estimate of drug-likeness (QED) is 0.758. The van der Waals surface area contributed by atoms with Crippen molar-refractivity contribution in [2.24, 2.45) is 0 Å². The maximum absolute atomic E-state index is 13.2. The van der Waals surface area contributed by atoms with Gasteiger partial charge < -0.3 is 19.3 Å². The first-order valence-electron chi connectivity index (χ1n) is 10.3. The van der Waals surface area contributed by atoms with Crippen molar-refractivity contribution >= 4 is 6.09 Å². The third kappa shape index (κ3) is 4.40. The molecule has 9 heteroatoms. The fraction of sp³-hybridized carbons (Fsp3) is 0.435. The highest BCUT2D eigenvalue weighted by Gasteiger charge is 2.50. The Hall–Kier alpha value is -2.78. The van der Waals surface area contributed by atoms with E-state index in [1.165, 1.54) is 12.1 Å². The van der Waals surface area contributed by atoms with Gasteiger partial charge in [-0.15, -0.1) is 0 Å². The van der Waals surface area contributed by atoms with Crippen LogP contribution in [-0.2, 0) is 27.9 Å². The number of amides is 1. The molecule has 2 fully saturated rings. The first-order chi connectivity index (χ1) is 15.2. The molecule has 2 aliphatic rings. The number of benzene rings is 2. The molecule has 2 heterocycles. The highest BCUT2D eigenvalue weighted by molar-refractivity contribution is 5.69. The lowest BCUT2D eigenvalue weighted by atomic mass is 9.76. The molecule has 0 aliphatic carbocycles. The van der Waals surface area contributed by atoms with Gasteiger partial charge in [-0.25, -0.2) is 4.79 Å². The Kier molecular flexibility index (Phi) is 6.05. The lowest BCUT2D eigenvalue weighted by Crippen LogP contribution is -2.62. The SMILES string of the molecule is COc1cc(C2(O)CC3COCC(C2)N3C(=O)OCc2ccccc2)ccc1C(F)(F)F. The number of hydrogen-bond acceptors (Lipinski definition) is 5. The molecule has 2 aromatic rings. The van der Waals surface area contributed by atoms with Gasteiger partial charge in [0.2, 0.25) is 0 Å². The number of piperidine rings is 1. The molecule has 1 amide bonds. The Morgan fingerprint density at radius 3 is 2.41 bits per heavy atom. The van der Waals surface area contributed by atoms with Crippen LogP contribution in [0.25, 0.3) is 0 Å². The van der Waals surface area contributed by atoms with E-state index in [-0.39, 0.29) is 38.4 Å². The van der Waals surface area contributed by atoms with Crippen LogP contribution in [0.15, 0.2) is 48.5 Å². The number of alkyl halides is 3. The van der Waals surface area contributed by atoms with Crippen LogP contribution >= 0.6 is 0 Å². The Morgan fingerprint density at radius 2 is 1.81 bits per heavy atom. The zero-order valence-corrected chi connectivity index (χ0v) is 17.5. The van der Waals surface area contributed by atoms with E-state index in [2.05, 4.69) is 0 Å². The summed E-state index contributed by atoms with van der Waals surface area (Å²) in [5.41, 5.74) is -1.16. The van der Waals surface area contributed by atoms with Crippen molar-refractivity contribution in [2.75, 3.05) is 20.3 Å². The first kappa shape index (κ1) is 22.4. The van der Waals surface area contributed by atoms with E-state index < -0.39 is 35.5 Å². The molecule has 0 spiro atoms. The molecular weight excluding hydrogens is 427 g/mol. The van der Waals surface area contributed by atoms with Crippen LogP contribution in [0, 0.1) is 0 Å². The zero-order valence-electron chi connectivity index (χ0n) is 17.5. The number of nitrogens with zero attached hydrogens (tertiary/aromatic N) is 1. The van der Waals surface area contributed by atoms with Gasteiger partial charge in [-0.05, 0) is 23.3 Å². The van der Waals surface area contributed by atoms with Crippen LogP contribution < -0.4 is 4.74 Å². The summed E-state index contributed by atoms with van der Waals surface area (Å²) in [6.45, 7) is 0.533. The van der Waals surface area contributed by atoms with Gasteiger partial charge in [0.25, 0.3) is 0 Å². The fourth-order valence-corrected chi connectivity index (χ4v) is 4.52. The number of aliphatic hydroxyl groups is 1. The van der Waals surface area contributed by atoms with Crippen LogP contribution in [0.5, 0.6) is 5.75 Å². The molecule has 4 rings (SSSR count). The summed E-state index contributed by atoms with van der Waals surface area (Å²) in [6.07, 6.45) is -4.85. The fourth-order valence-electron chi connectivity index (χ4n) is 4.52. The van der Waals surface area contributed by atoms with Crippen LogP contribution in [-0.4, -0.2) is 48.5 Å². The lowest BCUT2D eigenvalue weighted by Gasteiger charge is -2.51. The molecule has 0 saturated carbocycles. The number of carbonyl (C=O) groups excluding carboxylic acids is 1. The normalized spacial score (nSPS) is 25.3. The summed E-state index contributed by atoms with van der Waals surface area (Å²) in [7, 11) is 1.16. The number of morpholine rings is 1. The molecule has 2 unspecified atom stereocenters. The second-order valence-electron chi connectivity index (χ2n) is 8.15. The van der Waals surface area contributed by atoms with Crippen molar-refractivity contribution in [1.82, 2.24) is 4.90 Å². The van der Waals surface area contributed by atoms with Crippen LogP contribution in [0.3, 0.4) is 0 Å². The molecule has 2 aromatic carbocycles. The van der Waals surface area contributed by atoms with Crippen LogP contribution in [0.4, 0.5) is 18.0 Å². The minimum atomic E-state index is -4.57. The van der Waals surface area contributed by atoms with Gasteiger partial charge in [0.1, 0.15) is 12.4 Å². The minimum absolute atomic E-state index is 0.110. The van der Waals surface area contributed by atoms with Crippen molar-refractivity contribution in [3.05, 3.63) is 65.2 Å². The molecule has 2 atom stereocenters. The molecule has 32 heavy (non-hydrogen) atoms. The first-order valence-corrected chi connectivity index (χ1v) is 10.3. The summed E-state index contributed by atoms with van der Waals surface area (Å²) < 4.78 is 55.6. The summed E-state index contributed by atoms with van der Waals surface area (Å²) in [5.74, 6) is -0.352. The van der Waals surface area contributed by atoms with E-state index in [1.54, 1.807) is 4.90 Å². The summed E-state index contributed by atoms with van der Waals surface area (Å²) in [5, 5.41) is 11.4. The van der Waals surface area contributed by atoms with Gasteiger partial charge in [-0.1, -0.05) is 36.4 Å². The largest absolute Gasteiger partial charge is 0.496 e. The van der Waals surface area contributed by atoms with E-state index in [1.807, 2.05) is 30.3 Å². The average Bonchev–Trinajstić information content (AvgIpc) is 2.76. The van der Waals surface area contributed by atoms with Crippen molar-refractivity contribution in [1.29, 1.82) is 0 Å². The monoisotopic (exact) mass is 451 g/mol. The molecular formula is C23H24F3NO5. The molecule has 0 radical (unpaired) electrons. The van der Waals surface area contributed by atoms with E-state index in [4.69, 9.17) is 14.2 Å². The number of methoxy groups -OCH3 is 1. The highest BCUT2D eigenvalue weighted by Crippen LogP contribution is 2.44. The molecule has 2 bridgehead atoms. The average molecular weight is 451 g/mol. The Morgan fingerprint density at radius 1 is 1.16 bits per heavy atom. The topological polar surface area (TPSA) is 68.2 Å². The summed E-state index contributed by atoms with van der Waals surface area (Å²) in [4.78, 5) is 14.4. The molecule has 1 N–H and O–H groups in total. The van der Waals surface area contributed by atoms with Gasteiger partial charge in [-0.3, -0.25) is 4.90 Å². The standard InChI is InChI=1S/C23H24F3NO5/c1-30-20-9-16(7-8-19(20)23(24,25)26)22(29)10-17-13-31-14-18(11-22)27(17)21(28)32-12-15-5-3-2-4-6-15/h2-9,17-18,29H,10-14H2,1H3. The van der Waals surface area contributed by atoms with Crippen molar-refractivity contribution in [3.63, 3.8) is 0 Å². The van der Waals surface area contributed by atoms with Crippen molar-refractivity contribution in [2.45, 2.75) is 43.3 Å². The maximum Gasteiger partial charge on any atom is 0.419 e. The molecule has 6 nitrogen and oxygen atoms in total. The number of rotatable bonds is 4. The highest BCUT2D eigenvalue weighted by atomic mass is 19.4. The van der Waals surface area contributed by atoms with E-state index in [0.717, 1.165) is 18.7 Å².